The predicted molar refractivity (Wildman–Crippen MR) is 86.2 cm³/mol. The summed E-state index contributed by atoms with van der Waals surface area (Å²) in [7, 11) is 0. The number of carbonyl (C=O) groups is 1. The Morgan fingerprint density at radius 2 is 2.14 bits per heavy atom. The molecular weight excluding hydrogens is 354 g/mol. The molecule has 0 aliphatic carbocycles. The normalized spacial score (nSPS) is 11.0. The van der Waals surface area contributed by atoms with E-state index < -0.39 is 5.91 Å². The number of primary amides is 1. The highest BCUT2D eigenvalue weighted by Gasteiger charge is 2.16. The molecule has 2 N–H and O–H groups in total. The first-order valence-electron chi connectivity index (χ1n) is 6.25. The summed E-state index contributed by atoms with van der Waals surface area (Å²) in [4.78, 5) is 16.0. The van der Waals surface area contributed by atoms with Crippen LogP contribution >= 0.6 is 27.5 Å². The quantitative estimate of drug-likeness (QED) is 0.774. The Kier molecular flexibility index (Phi) is 3.69. The standard InChI is InChI=1S/C15H11BrClN3O/c16-10-3-1-2-9(6-10)15-12(7-13(18)21)20-8-11(17)4-5-14(20)19-15/h1-6,8H,7H2,(H2,18,21). The van der Waals surface area contributed by atoms with Gasteiger partial charge in [0.2, 0.25) is 5.91 Å². The van der Waals surface area contributed by atoms with Gasteiger partial charge in [-0.05, 0) is 24.3 Å². The van der Waals surface area contributed by atoms with Crippen LogP contribution in [0.3, 0.4) is 0 Å². The zero-order valence-electron chi connectivity index (χ0n) is 10.9. The molecule has 0 unspecified atom stereocenters. The highest BCUT2D eigenvalue weighted by Crippen LogP contribution is 2.28. The molecule has 2 aromatic heterocycles. The summed E-state index contributed by atoms with van der Waals surface area (Å²) in [6, 6.07) is 11.3. The number of nitrogens with zero attached hydrogens (tertiary/aromatic N) is 2. The Morgan fingerprint density at radius 3 is 2.86 bits per heavy atom. The number of rotatable bonds is 3. The van der Waals surface area contributed by atoms with E-state index in [-0.39, 0.29) is 6.42 Å². The maximum Gasteiger partial charge on any atom is 0.223 e. The second-order valence-electron chi connectivity index (χ2n) is 4.64. The minimum atomic E-state index is -0.409. The average Bonchev–Trinajstić information content (AvgIpc) is 2.76. The van der Waals surface area contributed by atoms with Crippen molar-refractivity contribution >= 4 is 39.1 Å². The molecule has 1 amide bonds. The van der Waals surface area contributed by atoms with Gasteiger partial charge in [0.25, 0.3) is 0 Å². The molecule has 3 aromatic rings. The lowest BCUT2D eigenvalue weighted by molar-refractivity contribution is -0.117. The van der Waals surface area contributed by atoms with Crippen molar-refractivity contribution in [3.63, 3.8) is 0 Å². The molecule has 0 fully saturated rings. The third-order valence-electron chi connectivity index (χ3n) is 3.12. The Bertz CT molecular complexity index is 844. The van der Waals surface area contributed by atoms with E-state index in [2.05, 4.69) is 20.9 Å². The topological polar surface area (TPSA) is 60.4 Å². The van der Waals surface area contributed by atoms with Gasteiger partial charge in [-0.25, -0.2) is 4.98 Å². The zero-order chi connectivity index (χ0) is 15.0. The first kappa shape index (κ1) is 14.1. The molecule has 21 heavy (non-hydrogen) atoms. The Morgan fingerprint density at radius 1 is 1.33 bits per heavy atom. The number of hydrogen-bond donors (Lipinski definition) is 1. The molecule has 6 heteroatoms. The van der Waals surface area contributed by atoms with E-state index in [4.69, 9.17) is 17.3 Å². The van der Waals surface area contributed by atoms with E-state index in [1.165, 1.54) is 0 Å². The van der Waals surface area contributed by atoms with E-state index in [9.17, 15) is 4.79 Å². The highest BCUT2D eigenvalue weighted by atomic mass is 79.9. The molecular formula is C15H11BrClN3O. The van der Waals surface area contributed by atoms with Gasteiger partial charge in [-0.3, -0.25) is 4.79 Å². The second kappa shape index (κ2) is 5.50. The van der Waals surface area contributed by atoms with Crippen LogP contribution in [-0.4, -0.2) is 15.3 Å². The van der Waals surface area contributed by atoms with Gasteiger partial charge in [-0.15, -0.1) is 0 Å². The minimum Gasteiger partial charge on any atom is -0.369 e. The van der Waals surface area contributed by atoms with Crippen LogP contribution in [-0.2, 0) is 11.2 Å². The van der Waals surface area contributed by atoms with E-state index >= 15 is 0 Å². The third-order valence-corrected chi connectivity index (χ3v) is 3.84. The first-order valence-corrected chi connectivity index (χ1v) is 7.42. The molecule has 0 saturated heterocycles. The van der Waals surface area contributed by atoms with Gasteiger partial charge < -0.3 is 10.1 Å². The average molecular weight is 365 g/mol. The number of hydrogen-bond acceptors (Lipinski definition) is 2. The van der Waals surface area contributed by atoms with Crippen LogP contribution in [0.25, 0.3) is 16.9 Å². The van der Waals surface area contributed by atoms with Gasteiger partial charge in [-0.1, -0.05) is 39.7 Å². The van der Waals surface area contributed by atoms with Gasteiger partial charge in [0, 0.05) is 16.2 Å². The largest absolute Gasteiger partial charge is 0.369 e. The minimum absolute atomic E-state index is 0.101. The Labute approximate surface area is 134 Å². The SMILES string of the molecule is NC(=O)Cc1c(-c2cccc(Br)c2)nc2ccc(Cl)cn12. The summed E-state index contributed by atoms with van der Waals surface area (Å²) in [6.07, 6.45) is 1.84. The monoisotopic (exact) mass is 363 g/mol. The highest BCUT2D eigenvalue weighted by molar-refractivity contribution is 9.10. The van der Waals surface area contributed by atoms with Crippen LogP contribution in [0, 0.1) is 0 Å². The smallest absolute Gasteiger partial charge is 0.223 e. The van der Waals surface area contributed by atoms with Crippen molar-refractivity contribution in [3.8, 4) is 11.3 Å². The lowest BCUT2D eigenvalue weighted by Gasteiger charge is -2.04. The molecule has 0 aliphatic heterocycles. The van der Waals surface area contributed by atoms with Crippen molar-refractivity contribution < 1.29 is 4.79 Å². The molecule has 0 atom stereocenters. The van der Waals surface area contributed by atoms with Crippen molar-refractivity contribution in [2.24, 2.45) is 5.73 Å². The number of pyridine rings is 1. The van der Waals surface area contributed by atoms with E-state index in [0.717, 1.165) is 27.1 Å². The molecule has 2 heterocycles. The summed E-state index contributed by atoms with van der Waals surface area (Å²) in [5, 5.41) is 0.575. The van der Waals surface area contributed by atoms with Crippen LogP contribution in [0.15, 0.2) is 47.1 Å². The fourth-order valence-electron chi connectivity index (χ4n) is 2.27. The fourth-order valence-corrected chi connectivity index (χ4v) is 2.83. The summed E-state index contributed by atoms with van der Waals surface area (Å²) in [5.74, 6) is -0.409. The number of carbonyl (C=O) groups excluding carboxylic acids is 1. The Balaban J connectivity index is 2.28. The summed E-state index contributed by atoms with van der Waals surface area (Å²) >= 11 is 9.48. The number of imidazole rings is 1. The number of amides is 1. The zero-order valence-corrected chi connectivity index (χ0v) is 13.2. The van der Waals surface area contributed by atoms with E-state index in [1.807, 2.05) is 34.7 Å². The summed E-state index contributed by atoms with van der Waals surface area (Å²) < 4.78 is 2.75. The molecule has 0 saturated carbocycles. The molecule has 0 spiro atoms. The molecule has 0 radical (unpaired) electrons. The van der Waals surface area contributed by atoms with Gasteiger partial charge in [-0.2, -0.15) is 0 Å². The lowest BCUT2D eigenvalue weighted by atomic mass is 10.1. The number of halogens is 2. The van der Waals surface area contributed by atoms with Gasteiger partial charge in [0.1, 0.15) is 5.65 Å². The van der Waals surface area contributed by atoms with Crippen LogP contribution in [0.4, 0.5) is 0 Å². The maximum absolute atomic E-state index is 11.4. The van der Waals surface area contributed by atoms with E-state index in [1.54, 1.807) is 12.3 Å². The molecule has 106 valence electrons. The van der Waals surface area contributed by atoms with Crippen molar-refractivity contribution in [2.75, 3.05) is 0 Å². The number of nitrogens with two attached hydrogens (primary N) is 1. The fraction of sp³-hybridized carbons (Fsp3) is 0.0667. The summed E-state index contributed by atoms with van der Waals surface area (Å²) in [6.45, 7) is 0. The van der Waals surface area contributed by atoms with Crippen molar-refractivity contribution in [2.45, 2.75) is 6.42 Å². The van der Waals surface area contributed by atoms with Crippen molar-refractivity contribution in [1.29, 1.82) is 0 Å². The molecule has 1 aromatic carbocycles. The Hall–Kier alpha value is -1.85. The molecule has 0 bridgehead atoms. The number of aromatic nitrogens is 2. The number of benzene rings is 1. The van der Waals surface area contributed by atoms with Crippen LogP contribution in [0.5, 0.6) is 0 Å². The van der Waals surface area contributed by atoms with Crippen LogP contribution in [0.2, 0.25) is 5.02 Å². The van der Waals surface area contributed by atoms with Gasteiger partial charge in [0.15, 0.2) is 0 Å². The lowest BCUT2D eigenvalue weighted by Crippen LogP contribution is -2.15. The van der Waals surface area contributed by atoms with Crippen molar-refractivity contribution in [1.82, 2.24) is 9.38 Å². The number of fused-ring (bicyclic) bond motifs is 1. The maximum atomic E-state index is 11.4. The predicted octanol–water partition coefficient (Wildman–Crippen LogP) is 3.45. The van der Waals surface area contributed by atoms with Gasteiger partial charge in [0.05, 0.1) is 22.8 Å². The first-order chi connectivity index (χ1) is 10.0. The molecule has 0 aliphatic rings. The van der Waals surface area contributed by atoms with E-state index in [0.29, 0.717) is 5.02 Å². The van der Waals surface area contributed by atoms with Crippen LogP contribution in [0.1, 0.15) is 5.69 Å². The molecule has 4 nitrogen and oxygen atoms in total. The van der Waals surface area contributed by atoms with Crippen molar-refractivity contribution in [3.05, 3.63) is 57.8 Å². The molecule has 3 rings (SSSR count). The third kappa shape index (κ3) is 2.80. The summed E-state index contributed by atoms with van der Waals surface area (Å²) in [5.41, 5.74) is 8.48. The second-order valence-corrected chi connectivity index (χ2v) is 5.99. The van der Waals surface area contributed by atoms with Gasteiger partial charge >= 0.3 is 0 Å². The van der Waals surface area contributed by atoms with Crippen LogP contribution < -0.4 is 5.73 Å².